The van der Waals surface area contributed by atoms with E-state index in [-0.39, 0.29) is 16.5 Å². The number of hydrogen-bond acceptors (Lipinski definition) is 4. The number of benzene rings is 2. The fourth-order valence-electron chi connectivity index (χ4n) is 2.58. The fraction of sp³-hybridized carbons (Fsp3) is 0.0909. The Morgan fingerprint density at radius 3 is 2.71 bits per heavy atom. The summed E-state index contributed by atoms with van der Waals surface area (Å²) in [6, 6.07) is 15.1. The number of alkyl halides is 2. The van der Waals surface area contributed by atoms with Crippen molar-refractivity contribution < 1.29 is 22.7 Å². The van der Waals surface area contributed by atoms with Gasteiger partial charge in [-0.1, -0.05) is 35.9 Å². The largest absolute Gasteiger partial charge is 0.457 e. The third-order valence-electron chi connectivity index (χ3n) is 4.07. The molecule has 0 saturated heterocycles. The van der Waals surface area contributed by atoms with Gasteiger partial charge in [0.05, 0.1) is 5.69 Å². The molecule has 0 bridgehead atoms. The molecule has 3 rings (SSSR count). The van der Waals surface area contributed by atoms with E-state index in [1.165, 1.54) is 30.4 Å². The number of halogens is 3. The van der Waals surface area contributed by atoms with Crippen molar-refractivity contribution in [1.82, 2.24) is 5.32 Å². The van der Waals surface area contributed by atoms with Gasteiger partial charge in [0.25, 0.3) is 0 Å². The molecule has 5 nitrogen and oxygen atoms in total. The van der Waals surface area contributed by atoms with Crippen LogP contribution in [0.4, 0.5) is 14.5 Å². The van der Waals surface area contributed by atoms with Gasteiger partial charge in [-0.05, 0) is 61.1 Å². The Hall–Kier alpha value is -3.23. The summed E-state index contributed by atoms with van der Waals surface area (Å²) in [5.41, 5.74) is 1.97. The van der Waals surface area contributed by atoms with Crippen LogP contribution in [0.5, 0.6) is 5.75 Å². The number of furan rings is 1. The molecule has 9 heteroatoms. The Bertz CT molecular complexity index is 1130. The first kappa shape index (κ1) is 22.5. The summed E-state index contributed by atoms with van der Waals surface area (Å²) >= 11 is 11.2. The Kier molecular flexibility index (Phi) is 7.38. The molecule has 0 atom stereocenters. The molecule has 1 heterocycles. The van der Waals surface area contributed by atoms with E-state index in [1.54, 1.807) is 24.3 Å². The summed E-state index contributed by atoms with van der Waals surface area (Å²) in [5.74, 6) is 0.441. The molecule has 0 aliphatic heterocycles. The number of hydrogen-bond donors (Lipinski definition) is 2. The van der Waals surface area contributed by atoms with Crippen LogP contribution in [0.15, 0.2) is 65.1 Å². The highest BCUT2D eigenvalue weighted by atomic mass is 35.5. The number of para-hydroxylation sites is 2. The maximum atomic E-state index is 12.5. The summed E-state index contributed by atoms with van der Waals surface area (Å²) in [4.78, 5) is 12.1. The molecule has 1 amide bonds. The zero-order valence-corrected chi connectivity index (χ0v) is 17.8. The molecule has 0 unspecified atom stereocenters. The van der Waals surface area contributed by atoms with E-state index in [0.29, 0.717) is 16.5 Å². The highest BCUT2D eigenvalue weighted by molar-refractivity contribution is 7.80. The molecule has 2 aromatic carbocycles. The normalized spacial score (nSPS) is 11.0. The Morgan fingerprint density at radius 2 is 1.97 bits per heavy atom. The average molecular weight is 463 g/mol. The minimum Gasteiger partial charge on any atom is -0.457 e. The second-order valence-corrected chi connectivity index (χ2v) is 7.13. The van der Waals surface area contributed by atoms with Crippen LogP contribution in [0.3, 0.4) is 0 Å². The van der Waals surface area contributed by atoms with Crippen molar-refractivity contribution in [2.24, 2.45) is 0 Å². The first-order chi connectivity index (χ1) is 14.8. The lowest BCUT2D eigenvalue weighted by Gasteiger charge is -2.13. The molecule has 0 aliphatic rings. The second kappa shape index (κ2) is 10.2. The molecular weight excluding hydrogens is 446 g/mol. The van der Waals surface area contributed by atoms with E-state index in [9.17, 15) is 13.6 Å². The topological polar surface area (TPSA) is 63.5 Å². The number of rotatable bonds is 6. The lowest BCUT2D eigenvalue weighted by molar-refractivity contribution is -0.115. The van der Waals surface area contributed by atoms with Gasteiger partial charge in [0, 0.05) is 16.7 Å². The molecule has 1 aromatic heterocycles. The standard InChI is InChI=1S/C22H17ClF2N2O3S/c1-13-6-7-14(12-16(13)23)18-10-8-15(29-18)9-11-20(28)27-22(31)26-17-4-2-3-5-19(17)30-21(24)25/h2-12,21H,1H3,(H2,26,27,28,31)/b11-9+. The van der Waals surface area contributed by atoms with Gasteiger partial charge in [-0.25, -0.2) is 0 Å². The van der Waals surface area contributed by atoms with Crippen molar-refractivity contribution in [3.05, 3.63) is 77.0 Å². The minimum atomic E-state index is -2.98. The molecule has 0 spiro atoms. The van der Waals surface area contributed by atoms with Crippen LogP contribution in [0, 0.1) is 6.92 Å². The Morgan fingerprint density at radius 1 is 1.19 bits per heavy atom. The number of anilines is 1. The predicted octanol–water partition coefficient (Wildman–Crippen LogP) is 6.04. The zero-order chi connectivity index (χ0) is 22.4. The molecule has 0 saturated carbocycles. The fourth-order valence-corrected chi connectivity index (χ4v) is 2.97. The van der Waals surface area contributed by atoms with Crippen LogP contribution in [0.2, 0.25) is 5.02 Å². The summed E-state index contributed by atoms with van der Waals surface area (Å²) in [6.45, 7) is -1.08. The van der Waals surface area contributed by atoms with E-state index in [4.69, 9.17) is 28.2 Å². The van der Waals surface area contributed by atoms with Crippen molar-refractivity contribution in [1.29, 1.82) is 0 Å². The number of thiocarbonyl (C=S) groups is 1. The monoisotopic (exact) mass is 462 g/mol. The van der Waals surface area contributed by atoms with Crippen LogP contribution in [0.1, 0.15) is 11.3 Å². The molecule has 160 valence electrons. The number of carbonyl (C=O) groups is 1. The molecule has 31 heavy (non-hydrogen) atoms. The number of amides is 1. The Balaban J connectivity index is 1.59. The van der Waals surface area contributed by atoms with Gasteiger partial charge in [-0.2, -0.15) is 8.78 Å². The number of ether oxygens (including phenoxy) is 1. The molecule has 0 aliphatic carbocycles. The van der Waals surface area contributed by atoms with E-state index >= 15 is 0 Å². The smallest absolute Gasteiger partial charge is 0.387 e. The SMILES string of the molecule is Cc1ccc(-c2ccc(/C=C/C(=O)NC(=S)Nc3ccccc3OC(F)F)o2)cc1Cl. The van der Waals surface area contributed by atoms with Crippen LogP contribution >= 0.6 is 23.8 Å². The highest BCUT2D eigenvalue weighted by Crippen LogP contribution is 2.27. The van der Waals surface area contributed by atoms with Crippen molar-refractivity contribution >= 4 is 46.6 Å². The average Bonchev–Trinajstić information content (AvgIpc) is 3.18. The van der Waals surface area contributed by atoms with Gasteiger partial charge in [0.2, 0.25) is 5.91 Å². The van der Waals surface area contributed by atoms with Gasteiger partial charge in [0.1, 0.15) is 17.3 Å². The zero-order valence-electron chi connectivity index (χ0n) is 16.2. The third-order valence-corrected chi connectivity index (χ3v) is 4.68. The number of carbonyl (C=O) groups excluding carboxylic acids is 1. The highest BCUT2D eigenvalue weighted by Gasteiger charge is 2.11. The van der Waals surface area contributed by atoms with Gasteiger partial charge in [0.15, 0.2) is 5.11 Å². The lowest BCUT2D eigenvalue weighted by atomic mass is 10.1. The van der Waals surface area contributed by atoms with Crippen molar-refractivity contribution in [2.75, 3.05) is 5.32 Å². The van der Waals surface area contributed by atoms with E-state index in [1.807, 2.05) is 19.1 Å². The summed E-state index contributed by atoms with van der Waals surface area (Å²) in [6.07, 6.45) is 2.71. The van der Waals surface area contributed by atoms with Crippen LogP contribution in [-0.4, -0.2) is 17.6 Å². The van der Waals surface area contributed by atoms with E-state index < -0.39 is 12.5 Å². The quantitative estimate of drug-likeness (QED) is 0.345. The van der Waals surface area contributed by atoms with Crippen molar-refractivity contribution in [2.45, 2.75) is 13.5 Å². The van der Waals surface area contributed by atoms with Gasteiger partial charge < -0.3 is 14.5 Å². The Labute approximate surface area is 187 Å². The maximum absolute atomic E-state index is 12.5. The lowest BCUT2D eigenvalue weighted by Crippen LogP contribution is -2.33. The molecule has 0 radical (unpaired) electrons. The summed E-state index contributed by atoms with van der Waals surface area (Å²) in [7, 11) is 0. The van der Waals surface area contributed by atoms with Crippen molar-refractivity contribution in [3.63, 3.8) is 0 Å². The number of nitrogens with one attached hydrogen (secondary N) is 2. The van der Waals surface area contributed by atoms with Gasteiger partial charge >= 0.3 is 6.61 Å². The van der Waals surface area contributed by atoms with Crippen molar-refractivity contribution in [3.8, 4) is 17.1 Å². The van der Waals surface area contributed by atoms with E-state index in [0.717, 1.165) is 11.1 Å². The van der Waals surface area contributed by atoms with Crippen LogP contribution in [-0.2, 0) is 4.79 Å². The summed E-state index contributed by atoms with van der Waals surface area (Å²) < 4.78 is 35.1. The summed E-state index contributed by atoms with van der Waals surface area (Å²) in [5, 5.41) is 5.63. The van der Waals surface area contributed by atoms with Gasteiger partial charge in [-0.3, -0.25) is 10.1 Å². The first-order valence-corrected chi connectivity index (χ1v) is 9.80. The maximum Gasteiger partial charge on any atom is 0.387 e. The molecular formula is C22H17ClF2N2O3S. The molecule has 0 fully saturated rings. The third kappa shape index (κ3) is 6.37. The minimum absolute atomic E-state index is 0.0746. The molecule has 3 aromatic rings. The van der Waals surface area contributed by atoms with E-state index in [2.05, 4.69) is 15.4 Å². The van der Waals surface area contributed by atoms with Gasteiger partial charge in [-0.15, -0.1) is 0 Å². The predicted molar refractivity (Wildman–Crippen MR) is 120 cm³/mol. The second-order valence-electron chi connectivity index (χ2n) is 6.32. The van der Waals surface area contributed by atoms with Crippen LogP contribution < -0.4 is 15.4 Å². The molecule has 2 N–H and O–H groups in total. The first-order valence-electron chi connectivity index (χ1n) is 9.02. The number of aryl methyl sites for hydroxylation is 1. The van der Waals surface area contributed by atoms with Crippen LogP contribution in [0.25, 0.3) is 17.4 Å².